The quantitative estimate of drug-likeness (QED) is 0.608. The molecule has 5 nitrogen and oxygen atoms in total. The molecule has 1 aromatic heterocycles. The summed E-state index contributed by atoms with van der Waals surface area (Å²) in [6, 6.07) is 15.3. The summed E-state index contributed by atoms with van der Waals surface area (Å²) in [5.41, 5.74) is 2.03. The Hall–Kier alpha value is -3.15. The molecule has 0 saturated carbocycles. The lowest BCUT2D eigenvalue weighted by atomic mass is 9.94. The van der Waals surface area contributed by atoms with Crippen molar-refractivity contribution < 1.29 is 18.4 Å². The molecule has 3 rings (SSSR count). The summed E-state index contributed by atoms with van der Waals surface area (Å²) >= 11 is 0. The summed E-state index contributed by atoms with van der Waals surface area (Å²) in [7, 11) is 1.60. The van der Waals surface area contributed by atoms with E-state index in [9.17, 15) is 9.18 Å². The first-order chi connectivity index (χ1) is 13.6. The second-order valence-corrected chi connectivity index (χ2v) is 6.55. The predicted octanol–water partition coefficient (Wildman–Crippen LogP) is 4.80. The van der Waals surface area contributed by atoms with E-state index in [2.05, 4.69) is 17.4 Å². The number of methoxy groups -OCH3 is 1. The van der Waals surface area contributed by atoms with Gasteiger partial charge in [0.2, 0.25) is 0 Å². The molecule has 3 aromatic rings. The van der Waals surface area contributed by atoms with Gasteiger partial charge in [0.25, 0.3) is 5.91 Å². The highest BCUT2D eigenvalue weighted by molar-refractivity contribution is 5.93. The molecule has 1 N–H and O–H groups in total. The molecule has 28 heavy (non-hydrogen) atoms. The first-order valence-electron chi connectivity index (χ1n) is 9.25. The van der Waals surface area contributed by atoms with Gasteiger partial charge in [0.15, 0.2) is 11.5 Å². The summed E-state index contributed by atoms with van der Waals surface area (Å²) < 4.78 is 23.6. The van der Waals surface area contributed by atoms with Gasteiger partial charge in [-0.1, -0.05) is 30.6 Å². The number of amides is 1. The van der Waals surface area contributed by atoms with Crippen LogP contribution in [0.25, 0.3) is 11.3 Å². The van der Waals surface area contributed by atoms with Crippen LogP contribution < -0.4 is 10.1 Å². The largest absolute Gasteiger partial charge is 0.497 e. The number of benzene rings is 2. The lowest BCUT2D eigenvalue weighted by Crippen LogP contribution is -2.28. The van der Waals surface area contributed by atoms with Crippen LogP contribution in [0.5, 0.6) is 5.75 Å². The number of hydrogen-bond acceptors (Lipinski definition) is 4. The van der Waals surface area contributed by atoms with Crippen LogP contribution in [0.4, 0.5) is 4.39 Å². The van der Waals surface area contributed by atoms with Gasteiger partial charge in [0.05, 0.1) is 7.11 Å². The fraction of sp³-hybridized carbons (Fsp3) is 0.273. The minimum Gasteiger partial charge on any atom is -0.497 e. The minimum atomic E-state index is -0.299. The fourth-order valence-electron chi connectivity index (χ4n) is 3.05. The molecule has 6 heteroatoms. The van der Waals surface area contributed by atoms with E-state index in [0.29, 0.717) is 12.3 Å². The van der Waals surface area contributed by atoms with Crippen LogP contribution in [0.2, 0.25) is 0 Å². The Morgan fingerprint density at radius 1 is 1.18 bits per heavy atom. The van der Waals surface area contributed by atoms with Gasteiger partial charge in [0, 0.05) is 24.1 Å². The van der Waals surface area contributed by atoms with Crippen molar-refractivity contribution in [2.75, 3.05) is 13.7 Å². The van der Waals surface area contributed by atoms with Crippen LogP contribution in [0, 0.1) is 5.82 Å². The smallest absolute Gasteiger partial charge is 0.273 e. The normalized spacial score (nSPS) is 11.8. The molecule has 1 heterocycles. The summed E-state index contributed by atoms with van der Waals surface area (Å²) in [6.45, 7) is 2.53. The first kappa shape index (κ1) is 19.6. The highest BCUT2D eigenvalue weighted by Crippen LogP contribution is 2.24. The van der Waals surface area contributed by atoms with Gasteiger partial charge in [-0.3, -0.25) is 4.79 Å². The van der Waals surface area contributed by atoms with Gasteiger partial charge in [-0.2, -0.15) is 0 Å². The Kier molecular flexibility index (Phi) is 6.42. The molecule has 0 bridgehead atoms. The van der Waals surface area contributed by atoms with Crippen LogP contribution in [-0.2, 0) is 0 Å². The van der Waals surface area contributed by atoms with Gasteiger partial charge in [-0.15, -0.1) is 0 Å². The Morgan fingerprint density at radius 2 is 1.89 bits per heavy atom. The number of carbonyl (C=O) groups is 1. The number of nitrogens with zero attached hydrogens (tertiary/aromatic N) is 1. The van der Waals surface area contributed by atoms with E-state index in [4.69, 9.17) is 9.26 Å². The first-order valence-corrected chi connectivity index (χ1v) is 9.25. The summed E-state index contributed by atoms with van der Waals surface area (Å²) in [5.74, 6) is 0.798. The molecular formula is C22H23FN2O3. The highest BCUT2D eigenvalue weighted by Gasteiger charge is 2.17. The Labute approximate surface area is 163 Å². The van der Waals surface area contributed by atoms with Gasteiger partial charge in [-0.25, -0.2) is 4.39 Å². The Bertz CT molecular complexity index is 904. The second kappa shape index (κ2) is 9.17. The molecule has 0 saturated heterocycles. The van der Waals surface area contributed by atoms with E-state index in [1.165, 1.54) is 12.1 Å². The zero-order valence-electron chi connectivity index (χ0n) is 15.9. The molecule has 1 atom stereocenters. The van der Waals surface area contributed by atoms with E-state index in [0.717, 1.165) is 29.7 Å². The number of hydrogen-bond donors (Lipinski definition) is 1. The maximum absolute atomic E-state index is 13.2. The van der Waals surface area contributed by atoms with Gasteiger partial charge >= 0.3 is 0 Å². The molecule has 0 aliphatic carbocycles. The number of nitrogens with one attached hydrogen (secondary N) is 1. The maximum Gasteiger partial charge on any atom is 0.273 e. The van der Waals surface area contributed by atoms with Crippen molar-refractivity contribution in [1.82, 2.24) is 10.5 Å². The van der Waals surface area contributed by atoms with Gasteiger partial charge in [-0.05, 0) is 48.4 Å². The average molecular weight is 382 g/mol. The number of aromatic nitrogens is 1. The molecule has 1 unspecified atom stereocenters. The zero-order chi connectivity index (χ0) is 19.9. The monoisotopic (exact) mass is 382 g/mol. The highest BCUT2D eigenvalue weighted by atomic mass is 19.1. The number of halogens is 1. The van der Waals surface area contributed by atoms with E-state index in [-0.39, 0.29) is 23.3 Å². The second-order valence-electron chi connectivity index (χ2n) is 6.55. The molecule has 0 aliphatic rings. The summed E-state index contributed by atoms with van der Waals surface area (Å²) in [6.07, 6.45) is 1.85. The number of carbonyl (C=O) groups excluding carboxylic acids is 1. The predicted molar refractivity (Wildman–Crippen MR) is 105 cm³/mol. The molecular weight excluding hydrogens is 359 g/mol. The van der Waals surface area contributed by atoms with Crippen LogP contribution in [0.3, 0.4) is 0 Å². The van der Waals surface area contributed by atoms with E-state index < -0.39 is 0 Å². The average Bonchev–Trinajstić information content (AvgIpc) is 3.22. The van der Waals surface area contributed by atoms with E-state index >= 15 is 0 Å². The SMILES string of the molecule is CCCC(CNC(=O)c1cc(-c2ccc(OC)cc2)on1)c1ccc(F)cc1. The van der Waals surface area contributed by atoms with Crippen molar-refractivity contribution >= 4 is 5.91 Å². The Morgan fingerprint density at radius 3 is 2.54 bits per heavy atom. The molecule has 0 spiro atoms. The van der Waals surface area contributed by atoms with Crippen molar-refractivity contribution in [3.8, 4) is 17.1 Å². The van der Waals surface area contributed by atoms with Crippen LogP contribution >= 0.6 is 0 Å². The minimum absolute atomic E-state index is 0.113. The lowest BCUT2D eigenvalue weighted by molar-refractivity contribution is 0.0941. The molecule has 2 aromatic carbocycles. The summed E-state index contributed by atoms with van der Waals surface area (Å²) in [4.78, 5) is 12.5. The third kappa shape index (κ3) is 4.76. The molecule has 0 radical (unpaired) electrons. The topological polar surface area (TPSA) is 64.4 Å². The van der Waals surface area contributed by atoms with E-state index in [1.54, 1.807) is 25.3 Å². The van der Waals surface area contributed by atoms with Crippen LogP contribution in [-0.4, -0.2) is 24.7 Å². The van der Waals surface area contributed by atoms with Crippen molar-refractivity contribution in [2.24, 2.45) is 0 Å². The van der Waals surface area contributed by atoms with Gasteiger partial charge < -0.3 is 14.6 Å². The zero-order valence-corrected chi connectivity index (χ0v) is 15.9. The summed E-state index contributed by atoms with van der Waals surface area (Å²) in [5, 5.41) is 6.78. The molecule has 0 fully saturated rings. The van der Waals surface area contributed by atoms with Crippen molar-refractivity contribution in [1.29, 1.82) is 0 Å². The third-order valence-corrected chi connectivity index (χ3v) is 4.60. The van der Waals surface area contributed by atoms with Crippen molar-refractivity contribution in [3.05, 3.63) is 71.7 Å². The molecule has 1 amide bonds. The molecule has 0 aliphatic heterocycles. The van der Waals surface area contributed by atoms with Crippen molar-refractivity contribution in [3.63, 3.8) is 0 Å². The lowest BCUT2D eigenvalue weighted by Gasteiger charge is -2.17. The maximum atomic E-state index is 13.2. The standard InChI is InChI=1S/C22H23FN2O3/c1-3-4-17(15-5-9-18(23)10-6-15)14-24-22(26)20-13-21(28-25-20)16-7-11-19(27-2)12-8-16/h5-13,17H,3-4,14H2,1-2H3,(H,24,26). The fourth-order valence-corrected chi connectivity index (χ4v) is 3.05. The van der Waals surface area contributed by atoms with Crippen molar-refractivity contribution in [2.45, 2.75) is 25.7 Å². The Balaban J connectivity index is 1.65. The van der Waals surface area contributed by atoms with Crippen LogP contribution in [0.15, 0.2) is 59.1 Å². The van der Waals surface area contributed by atoms with E-state index in [1.807, 2.05) is 24.3 Å². The van der Waals surface area contributed by atoms with Crippen LogP contribution in [0.1, 0.15) is 41.7 Å². The number of rotatable bonds is 8. The van der Waals surface area contributed by atoms with Gasteiger partial charge in [0.1, 0.15) is 11.6 Å². The molecule has 146 valence electrons. The third-order valence-electron chi connectivity index (χ3n) is 4.60. The number of ether oxygens (including phenoxy) is 1.